The second-order valence-electron chi connectivity index (χ2n) is 7.29. The molecular weight excluding hydrogens is 569 g/mol. The molecule has 2 N–H and O–H groups in total. The van der Waals surface area contributed by atoms with Crippen LogP contribution in [0.4, 0.5) is 5.13 Å². The van der Waals surface area contributed by atoms with E-state index in [0.29, 0.717) is 32.6 Å². The van der Waals surface area contributed by atoms with Gasteiger partial charge in [-0.2, -0.15) is 0 Å². The number of fused-ring (bicyclic) bond motifs is 2. The number of ketones is 1. The van der Waals surface area contributed by atoms with E-state index in [4.69, 9.17) is 19.9 Å². The number of benzene rings is 3. The molecule has 0 atom stereocenters. The van der Waals surface area contributed by atoms with E-state index in [1.54, 1.807) is 20.4 Å². The molecule has 0 bridgehead atoms. The zero-order valence-corrected chi connectivity index (χ0v) is 22.8. The molecule has 0 amide bonds. The molecule has 2 aromatic heterocycles. The molecule has 0 aliphatic carbocycles. The number of ether oxygens (including phenoxy) is 3. The predicted octanol–water partition coefficient (Wildman–Crippen LogP) is 5.69. The summed E-state index contributed by atoms with van der Waals surface area (Å²) >= 11 is 2.70. The van der Waals surface area contributed by atoms with Gasteiger partial charge in [-0.15, -0.1) is 0 Å². The van der Waals surface area contributed by atoms with Gasteiger partial charge in [-0.1, -0.05) is 11.3 Å². The quantitative estimate of drug-likeness (QED) is 0.200. The Labute approximate surface area is 220 Å². The molecule has 0 aliphatic heterocycles. The van der Waals surface area contributed by atoms with E-state index in [1.165, 1.54) is 33.9 Å². The van der Waals surface area contributed by atoms with E-state index < -0.39 is 0 Å². The third kappa shape index (κ3) is 5.83. The number of nitrogens with zero attached hydrogens (tertiary/aromatic N) is 2. The number of anilines is 1. The van der Waals surface area contributed by atoms with Gasteiger partial charge in [0.15, 0.2) is 16.6 Å². The molecule has 5 aromatic rings. The van der Waals surface area contributed by atoms with Crippen LogP contribution in [0.1, 0.15) is 10.4 Å². The molecule has 3 aromatic carbocycles. The van der Waals surface area contributed by atoms with Crippen LogP contribution in [-0.2, 0) is 0 Å². The van der Waals surface area contributed by atoms with Crippen LogP contribution in [0.5, 0.6) is 23.0 Å². The van der Waals surface area contributed by atoms with Crippen molar-refractivity contribution in [3.63, 3.8) is 0 Å². The van der Waals surface area contributed by atoms with E-state index in [2.05, 4.69) is 9.97 Å². The third-order valence-electron chi connectivity index (χ3n) is 5.05. The first kappa shape index (κ1) is 24.7. The van der Waals surface area contributed by atoms with Crippen LogP contribution in [0.2, 0.25) is 4.44 Å². The number of nitrogen functional groups attached to an aromatic ring is 1. The SMILES string of the molecule is COc1ccc2ncc(Oc3ccc4nc(N)sc4c3)cc2c1OC.O=C([CH2][Sn])c1ccccc1. The monoisotopic (exact) mass is 592 g/mol. The van der Waals surface area contributed by atoms with Gasteiger partial charge in [0.2, 0.25) is 0 Å². The van der Waals surface area contributed by atoms with Crippen molar-refractivity contribution in [2.24, 2.45) is 0 Å². The number of thiazole rings is 1. The number of nitrogens with two attached hydrogens (primary N) is 1. The van der Waals surface area contributed by atoms with Gasteiger partial charge in [-0.05, 0) is 30.3 Å². The maximum absolute atomic E-state index is 11.0. The number of methoxy groups -OCH3 is 2. The summed E-state index contributed by atoms with van der Waals surface area (Å²) in [6, 6.07) is 20.6. The Bertz CT molecular complexity index is 1470. The Morgan fingerprint density at radius 3 is 2.46 bits per heavy atom. The molecule has 0 saturated heterocycles. The van der Waals surface area contributed by atoms with E-state index in [0.717, 1.165) is 26.7 Å². The van der Waals surface area contributed by atoms with Crippen molar-refractivity contribution in [2.75, 3.05) is 20.0 Å². The van der Waals surface area contributed by atoms with Gasteiger partial charge in [0, 0.05) is 11.5 Å². The van der Waals surface area contributed by atoms with Gasteiger partial charge in [-0.25, -0.2) is 4.98 Å². The van der Waals surface area contributed by atoms with E-state index in [1.807, 2.05) is 66.7 Å². The molecule has 2 heterocycles. The van der Waals surface area contributed by atoms with E-state index in [-0.39, 0.29) is 5.78 Å². The molecule has 0 saturated carbocycles. The van der Waals surface area contributed by atoms with E-state index in [9.17, 15) is 4.79 Å². The summed E-state index contributed by atoms with van der Waals surface area (Å²) < 4.78 is 18.4. The standard InChI is InChI=1S/C18H15N3O3S.C8H7O.Sn/c1-22-15-6-5-13-12(17(15)23-2)7-11(9-20-13)24-10-3-4-14-16(8-10)25-18(19)21-14;1-7(9)8-5-3-2-4-6-8;/h3-9H,1-2H3,(H2,19,21);2-6H,1H2;. The van der Waals surface area contributed by atoms with Gasteiger partial charge in [0.05, 0.1) is 36.1 Å². The minimum atomic E-state index is 0.249. The number of rotatable bonds is 6. The molecule has 3 radical (unpaired) electrons. The van der Waals surface area contributed by atoms with Crippen molar-refractivity contribution in [1.29, 1.82) is 0 Å². The Morgan fingerprint density at radius 2 is 1.74 bits per heavy atom. The van der Waals surface area contributed by atoms with Gasteiger partial charge in [0.1, 0.15) is 11.5 Å². The number of hydrogen-bond donors (Lipinski definition) is 1. The first-order chi connectivity index (χ1) is 17.0. The molecule has 35 heavy (non-hydrogen) atoms. The number of aromatic nitrogens is 2. The predicted molar refractivity (Wildman–Crippen MR) is 140 cm³/mol. The van der Waals surface area contributed by atoms with Gasteiger partial charge in [-0.3, -0.25) is 4.98 Å². The zero-order valence-electron chi connectivity index (χ0n) is 19.1. The van der Waals surface area contributed by atoms with Crippen LogP contribution in [0.15, 0.2) is 72.9 Å². The summed E-state index contributed by atoms with van der Waals surface area (Å²) in [6.07, 6.45) is 1.68. The van der Waals surface area contributed by atoms with Crippen LogP contribution >= 0.6 is 11.3 Å². The Morgan fingerprint density at radius 1 is 0.971 bits per heavy atom. The van der Waals surface area contributed by atoms with Gasteiger partial charge < -0.3 is 19.9 Å². The molecule has 0 unspecified atom stereocenters. The molecule has 9 heteroatoms. The second kappa shape index (κ2) is 11.4. The summed E-state index contributed by atoms with van der Waals surface area (Å²) in [6.45, 7) is 0. The average molecular weight is 591 g/mol. The third-order valence-corrected chi connectivity index (χ3v) is 6.81. The topological polar surface area (TPSA) is 96.6 Å². The van der Waals surface area contributed by atoms with Crippen LogP contribution < -0.4 is 19.9 Å². The van der Waals surface area contributed by atoms with Crippen molar-refractivity contribution < 1.29 is 19.0 Å². The van der Waals surface area contributed by atoms with Crippen molar-refractivity contribution in [2.45, 2.75) is 4.44 Å². The van der Waals surface area contributed by atoms with Crippen molar-refractivity contribution >= 4 is 65.9 Å². The van der Waals surface area contributed by atoms with Crippen molar-refractivity contribution in [3.8, 4) is 23.0 Å². The Hall–Kier alpha value is -3.37. The van der Waals surface area contributed by atoms with Crippen molar-refractivity contribution in [3.05, 3.63) is 78.5 Å². The fraction of sp³-hybridized carbons (Fsp3) is 0.115. The summed E-state index contributed by atoms with van der Waals surface area (Å²) in [5, 5.41) is 1.36. The van der Waals surface area contributed by atoms with E-state index >= 15 is 0 Å². The minimum absolute atomic E-state index is 0.249. The molecule has 5 rings (SSSR count). The van der Waals surface area contributed by atoms with Crippen LogP contribution in [-0.4, -0.2) is 52.5 Å². The summed E-state index contributed by atoms with van der Waals surface area (Å²) in [4.78, 5) is 19.7. The van der Waals surface area contributed by atoms with Crippen molar-refractivity contribution in [1.82, 2.24) is 9.97 Å². The summed E-state index contributed by atoms with van der Waals surface area (Å²) in [5.74, 6) is 2.83. The van der Waals surface area contributed by atoms with Crippen LogP contribution in [0, 0.1) is 0 Å². The molecule has 0 fully saturated rings. The zero-order chi connectivity index (χ0) is 24.8. The fourth-order valence-corrected chi connectivity index (χ4v) is 4.75. The second-order valence-corrected chi connectivity index (χ2v) is 9.36. The Kier molecular flexibility index (Phi) is 8.04. The number of carbonyl (C=O) groups excluding carboxylic acids is 1. The fourth-order valence-electron chi connectivity index (χ4n) is 3.41. The molecule has 7 nitrogen and oxygen atoms in total. The average Bonchev–Trinajstić information content (AvgIpc) is 3.27. The number of Topliss-reactive ketones (excluding diaryl/α,β-unsaturated/α-hetero) is 1. The Balaban J connectivity index is 0.000000243. The first-order valence-electron chi connectivity index (χ1n) is 10.6. The number of pyridine rings is 1. The normalized spacial score (nSPS) is 10.5. The molecule has 0 aliphatic rings. The number of carbonyl (C=O) groups is 1. The van der Waals surface area contributed by atoms with Crippen LogP contribution in [0.25, 0.3) is 21.1 Å². The summed E-state index contributed by atoms with van der Waals surface area (Å²) in [5.41, 5.74) is 8.24. The van der Waals surface area contributed by atoms with Gasteiger partial charge in [0.25, 0.3) is 0 Å². The van der Waals surface area contributed by atoms with Crippen LogP contribution in [0.3, 0.4) is 0 Å². The van der Waals surface area contributed by atoms with Gasteiger partial charge >= 0.3 is 73.4 Å². The maximum atomic E-state index is 11.0. The first-order valence-corrected chi connectivity index (χ1v) is 13.4. The molecule has 175 valence electrons. The molecular formula is C26H22N3O4SSn. The summed E-state index contributed by atoms with van der Waals surface area (Å²) in [7, 11) is 3.21. The molecule has 0 spiro atoms. The number of hydrogen-bond acceptors (Lipinski definition) is 8.